The Balaban J connectivity index is 1.30. The Kier molecular flexibility index (Phi) is 7.40. The predicted molar refractivity (Wildman–Crippen MR) is 106 cm³/mol. The third-order valence-electron chi connectivity index (χ3n) is 5.23. The van der Waals surface area contributed by atoms with Gasteiger partial charge in [0.1, 0.15) is 0 Å². The lowest BCUT2D eigenvalue weighted by molar-refractivity contribution is -0.132. The molecule has 132 valence electrons. The van der Waals surface area contributed by atoms with Crippen LogP contribution in [0.5, 0.6) is 0 Å². The summed E-state index contributed by atoms with van der Waals surface area (Å²) in [6.07, 6.45) is 9.20. The molecule has 0 radical (unpaired) electrons. The Morgan fingerprint density at radius 1 is 1.08 bits per heavy atom. The van der Waals surface area contributed by atoms with Crippen LogP contribution in [0.1, 0.15) is 50.5 Å². The van der Waals surface area contributed by atoms with Crippen molar-refractivity contribution in [1.29, 1.82) is 0 Å². The van der Waals surface area contributed by atoms with Crippen molar-refractivity contribution in [2.24, 2.45) is 5.92 Å². The molecule has 1 atom stereocenters. The Labute approximate surface area is 154 Å². The number of nitrogens with zero attached hydrogens (tertiary/aromatic N) is 1. The van der Waals surface area contributed by atoms with E-state index in [1.54, 1.807) is 0 Å². The van der Waals surface area contributed by atoms with E-state index >= 15 is 0 Å². The number of unbranched alkanes of at least 4 members (excludes halogenated alkanes) is 1. The molecule has 0 aliphatic carbocycles. The molecule has 2 fully saturated rings. The lowest BCUT2D eigenvalue weighted by Gasteiger charge is -2.32. The molecule has 3 rings (SSSR count). The molecule has 0 saturated carbocycles. The fourth-order valence-corrected chi connectivity index (χ4v) is 6.73. The molecular formula is C20H29NOS2. The third kappa shape index (κ3) is 5.73. The first kappa shape index (κ1) is 18.2. The van der Waals surface area contributed by atoms with E-state index in [1.165, 1.54) is 37.0 Å². The zero-order chi connectivity index (χ0) is 16.6. The quantitative estimate of drug-likeness (QED) is 0.492. The molecule has 24 heavy (non-hydrogen) atoms. The average Bonchev–Trinajstić information content (AvgIpc) is 3.13. The number of amides is 1. The van der Waals surface area contributed by atoms with E-state index in [0.29, 0.717) is 5.91 Å². The Morgan fingerprint density at radius 3 is 2.58 bits per heavy atom. The molecule has 2 heterocycles. The van der Waals surface area contributed by atoms with Gasteiger partial charge in [-0.2, -0.15) is 0 Å². The standard InChI is InChI=1S/C20H29NOS2/c22-20(9-5-4-8-19-12-15-23-24-19)21-13-10-18(11-14-21)16-17-6-2-1-3-7-17/h1-3,6-7,18-19H,4-5,8-16H2/t19-/m0/s1. The maximum atomic E-state index is 12.4. The summed E-state index contributed by atoms with van der Waals surface area (Å²) in [6, 6.07) is 10.8. The number of benzene rings is 1. The zero-order valence-electron chi connectivity index (χ0n) is 14.5. The minimum absolute atomic E-state index is 0.390. The minimum atomic E-state index is 0.390. The molecule has 2 aliphatic rings. The lowest BCUT2D eigenvalue weighted by atomic mass is 9.90. The van der Waals surface area contributed by atoms with Crippen LogP contribution in [0, 0.1) is 5.92 Å². The van der Waals surface area contributed by atoms with Gasteiger partial charge in [0.05, 0.1) is 0 Å². The molecule has 0 aromatic heterocycles. The van der Waals surface area contributed by atoms with Gasteiger partial charge in [-0.15, -0.1) is 0 Å². The highest BCUT2D eigenvalue weighted by Gasteiger charge is 2.23. The summed E-state index contributed by atoms with van der Waals surface area (Å²) in [6.45, 7) is 1.93. The first-order valence-corrected chi connectivity index (χ1v) is 11.8. The summed E-state index contributed by atoms with van der Waals surface area (Å²) in [4.78, 5) is 14.5. The van der Waals surface area contributed by atoms with Crippen molar-refractivity contribution < 1.29 is 4.79 Å². The number of piperidine rings is 1. The van der Waals surface area contributed by atoms with Crippen LogP contribution in [0.25, 0.3) is 0 Å². The van der Waals surface area contributed by atoms with Gasteiger partial charge >= 0.3 is 0 Å². The van der Waals surface area contributed by atoms with Gasteiger partial charge in [0.2, 0.25) is 5.91 Å². The van der Waals surface area contributed by atoms with E-state index in [2.05, 4.69) is 46.0 Å². The number of hydrogen-bond donors (Lipinski definition) is 0. The molecule has 2 aliphatic heterocycles. The van der Waals surface area contributed by atoms with E-state index in [-0.39, 0.29) is 0 Å². The van der Waals surface area contributed by atoms with Gasteiger partial charge in [-0.25, -0.2) is 0 Å². The summed E-state index contributed by atoms with van der Waals surface area (Å²) >= 11 is 0. The summed E-state index contributed by atoms with van der Waals surface area (Å²) in [5.41, 5.74) is 1.44. The molecule has 4 heteroatoms. The van der Waals surface area contributed by atoms with Crippen LogP contribution in [0.15, 0.2) is 30.3 Å². The highest BCUT2D eigenvalue weighted by molar-refractivity contribution is 8.77. The largest absolute Gasteiger partial charge is 0.343 e. The summed E-state index contributed by atoms with van der Waals surface area (Å²) in [5, 5.41) is 0.846. The molecule has 2 saturated heterocycles. The molecule has 0 N–H and O–H groups in total. The SMILES string of the molecule is O=C(CCCC[C@H]1CCSS1)N1CCC(Cc2ccccc2)CC1. The van der Waals surface area contributed by atoms with Gasteiger partial charge in [-0.05, 0) is 50.0 Å². The van der Waals surface area contributed by atoms with Crippen molar-refractivity contribution in [1.82, 2.24) is 4.90 Å². The van der Waals surface area contributed by atoms with Crippen molar-refractivity contribution in [3.8, 4) is 0 Å². The van der Waals surface area contributed by atoms with Crippen LogP contribution in [0.4, 0.5) is 0 Å². The third-order valence-corrected chi connectivity index (χ3v) is 8.24. The number of likely N-dealkylation sites (tertiary alicyclic amines) is 1. The van der Waals surface area contributed by atoms with E-state index in [1.807, 2.05) is 10.8 Å². The van der Waals surface area contributed by atoms with Gasteiger partial charge in [0, 0.05) is 30.5 Å². The van der Waals surface area contributed by atoms with E-state index in [0.717, 1.165) is 49.9 Å². The second-order valence-electron chi connectivity index (χ2n) is 7.09. The average molecular weight is 364 g/mol. The van der Waals surface area contributed by atoms with Gasteiger partial charge in [-0.3, -0.25) is 4.79 Å². The van der Waals surface area contributed by atoms with E-state index in [4.69, 9.17) is 0 Å². The zero-order valence-corrected chi connectivity index (χ0v) is 16.1. The second kappa shape index (κ2) is 9.76. The number of hydrogen-bond acceptors (Lipinski definition) is 3. The fraction of sp³-hybridized carbons (Fsp3) is 0.650. The van der Waals surface area contributed by atoms with Crippen molar-refractivity contribution >= 4 is 27.5 Å². The number of carbonyl (C=O) groups excluding carboxylic acids is 1. The van der Waals surface area contributed by atoms with E-state index in [9.17, 15) is 4.79 Å². The first-order valence-electron chi connectivity index (χ1n) is 9.41. The molecule has 0 unspecified atom stereocenters. The lowest BCUT2D eigenvalue weighted by Crippen LogP contribution is -2.38. The van der Waals surface area contributed by atoms with Crippen LogP contribution in [0.2, 0.25) is 0 Å². The Bertz CT molecular complexity index is 494. The van der Waals surface area contributed by atoms with Crippen molar-refractivity contribution in [2.75, 3.05) is 18.8 Å². The maximum Gasteiger partial charge on any atom is 0.222 e. The van der Waals surface area contributed by atoms with Crippen LogP contribution < -0.4 is 0 Å². The van der Waals surface area contributed by atoms with Gasteiger partial charge in [0.25, 0.3) is 0 Å². The topological polar surface area (TPSA) is 20.3 Å². The molecule has 0 bridgehead atoms. The van der Waals surface area contributed by atoms with Crippen LogP contribution in [0.3, 0.4) is 0 Å². The van der Waals surface area contributed by atoms with Crippen LogP contribution >= 0.6 is 21.6 Å². The summed E-state index contributed by atoms with van der Waals surface area (Å²) in [5.74, 6) is 2.45. The van der Waals surface area contributed by atoms with Gasteiger partial charge in [0.15, 0.2) is 0 Å². The van der Waals surface area contributed by atoms with Crippen molar-refractivity contribution in [3.05, 3.63) is 35.9 Å². The van der Waals surface area contributed by atoms with Crippen molar-refractivity contribution in [2.45, 2.75) is 56.6 Å². The molecule has 0 spiro atoms. The molecule has 1 aromatic carbocycles. The Morgan fingerprint density at radius 2 is 1.88 bits per heavy atom. The van der Waals surface area contributed by atoms with E-state index < -0.39 is 0 Å². The normalized spacial score (nSPS) is 22.0. The molecule has 2 nitrogen and oxygen atoms in total. The maximum absolute atomic E-state index is 12.4. The molecular weight excluding hydrogens is 334 g/mol. The highest BCUT2D eigenvalue weighted by Crippen LogP contribution is 2.39. The Hall–Kier alpha value is -0.610. The van der Waals surface area contributed by atoms with Crippen molar-refractivity contribution in [3.63, 3.8) is 0 Å². The second-order valence-corrected chi connectivity index (χ2v) is 9.88. The number of carbonyl (C=O) groups is 1. The fourth-order valence-electron chi connectivity index (χ4n) is 3.70. The first-order chi connectivity index (χ1) is 11.8. The smallest absolute Gasteiger partial charge is 0.222 e. The van der Waals surface area contributed by atoms with Gasteiger partial charge in [-0.1, -0.05) is 58.3 Å². The summed E-state index contributed by atoms with van der Waals surface area (Å²) in [7, 11) is 4.06. The van der Waals surface area contributed by atoms with Crippen LogP contribution in [-0.2, 0) is 11.2 Å². The van der Waals surface area contributed by atoms with Crippen LogP contribution in [-0.4, -0.2) is 34.9 Å². The summed E-state index contributed by atoms with van der Waals surface area (Å²) < 4.78 is 0. The minimum Gasteiger partial charge on any atom is -0.343 e. The molecule has 1 amide bonds. The molecule has 1 aromatic rings. The van der Waals surface area contributed by atoms with Gasteiger partial charge < -0.3 is 4.90 Å². The predicted octanol–water partition coefficient (Wildman–Crippen LogP) is 5.18. The number of rotatable bonds is 7. The highest BCUT2D eigenvalue weighted by atomic mass is 33.1. The monoisotopic (exact) mass is 363 g/mol.